The first kappa shape index (κ1) is 11.8. The van der Waals surface area contributed by atoms with Gasteiger partial charge in [-0.2, -0.15) is 0 Å². The number of hydrogen-bond donors (Lipinski definition) is 0. The zero-order valence-electron chi connectivity index (χ0n) is 10.8. The summed E-state index contributed by atoms with van der Waals surface area (Å²) in [6.07, 6.45) is 1.40. The minimum Gasteiger partial charge on any atom is -0.303 e. The molecule has 0 N–H and O–H groups in total. The van der Waals surface area contributed by atoms with Gasteiger partial charge in [-0.1, -0.05) is 19.9 Å². The van der Waals surface area contributed by atoms with Gasteiger partial charge in [-0.3, -0.25) is 4.79 Å². The summed E-state index contributed by atoms with van der Waals surface area (Å²) >= 11 is 0. The smallest absolute Gasteiger partial charge is 0.269 e. The highest BCUT2D eigenvalue weighted by Crippen LogP contribution is 2.20. The van der Waals surface area contributed by atoms with Gasteiger partial charge >= 0.3 is 0 Å². The van der Waals surface area contributed by atoms with E-state index in [1.165, 1.54) is 11.8 Å². The Balaban J connectivity index is 2.81. The monoisotopic (exact) mass is 230 g/mol. The van der Waals surface area contributed by atoms with Gasteiger partial charge in [0.1, 0.15) is 0 Å². The predicted octanol–water partition coefficient (Wildman–Crippen LogP) is 3.10. The molecule has 2 aromatic rings. The molecule has 0 aliphatic rings. The minimum atomic E-state index is -0.0339. The van der Waals surface area contributed by atoms with Crippen molar-refractivity contribution in [3.05, 3.63) is 40.3 Å². The average molecular weight is 230 g/mol. The quantitative estimate of drug-likeness (QED) is 0.794. The first-order valence-electron chi connectivity index (χ1n) is 6.02. The van der Waals surface area contributed by atoms with Crippen molar-refractivity contribution in [3.63, 3.8) is 0 Å². The molecule has 0 saturated carbocycles. The fraction of sp³-hybridized carbons (Fsp3) is 0.429. The van der Waals surface area contributed by atoms with Gasteiger partial charge in [0.25, 0.3) is 5.56 Å². The minimum absolute atomic E-state index is 0.0339. The van der Waals surface area contributed by atoms with E-state index in [1.807, 2.05) is 19.9 Å². The summed E-state index contributed by atoms with van der Waals surface area (Å²) in [6.45, 7) is 8.33. The van der Waals surface area contributed by atoms with Crippen molar-refractivity contribution >= 4 is 11.0 Å². The molecular weight excluding hydrogens is 212 g/mol. The van der Waals surface area contributed by atoms with Crippen LogP contribution < -0.4 is 5.56 Å². The van der Waals surface area contributed by atoms with E-state index in [4.69, 9.17) is 0 Å². The molecule has 0 fully saturated rings. The average Bonchev–Trinajstić information content (AvgIpc) is 2.27. The standard InChI is InChI=1S/C14H18N2O/c1-9(2)11-5-6-12-13(7-11)16(10(3)4)14(17)8-15-12/h5-10H,1-4H3. The molecule has 0 atom stereocenters. The second kappa shape index (κ2) is 4.32. The maximum absolute atomic E-state index is 11.9. The number of aromatic nitrogens is 2. The van der Waals surface area contributed by atoms with Crippen LogP contribution >= 0.6 is 0 Å². The lowest BCUT2D eigenvalue weighted by Crippen LogP contribution is -2.22. The van der Waals surface area contributed by atoms with Gasteiger partial charge in [0.05, 0.1) is 17.2 Å². The summed E-state index contributed by atoms with van der Waals surface area (Å²) in [4.78, 5) is 16.0. The van der Waals surface area contributed by atoms with Gasteiger partial charge in [-0.25, -0.2) is 4.98 Å². The van der Waals surface area contributed by atoms with E-state index < -0.39 is 0 Å². The SMILES string of the molecule is CC(C)c1ccc2ncc(=O)n(C(C)C)c2c1. The second-order valence-electron chi connectivity index (χ2n) is 4.96. The Morgan fingerprint density at radius 1 is 1.18 bits per heavy atom. The molecule has 0 aliphatic heterocycles. The summed E-state index contributed by atoms with van der Waals surface area (Å²) in [6, 6.07) is 6.29. The lowest BCUT2D eigenvalue weighted by molar-refractivity contribution is 0.597. The van der Waals surface area contributed by atoms with Crippen LogP contribution in [0.1, 0.15) is 45.2 Å². The van der Waals surface area contributed by atoms with Crippen LogP contribution in [0.2, 0.25) is 0 Å². The van der Waals surface area contributed by atoms with Crippen LogP contribution in [0.15, 0.2) is 29.2 Å². The second-order valence-corrected chi connectivity index (χ2v) is 4.96. The fourth-order valence-electron chi connectivity index (χ4n) is 2.04. The zero-order valence-corrected chi connectivity index (χ0v) is 10.8. The molecule has 17 heavy (non-hydrogen) atoms. The third-order valence-electron chi connectivity index (χ3n) is 2.99. The van der Waals surface area contributed by atoms with E-state index in [9.17, 15) is 4.79 Å². The van der Waals surface area contributed by atoms with E-state index in [0.717, 1.165) is 11.0 Å². The number of hydrogen-bond acceptors (Lipinski definition) is 2. The fourth-order valence-corrected chi connectivity index (χ4v) is 2.04. The van der Waals surface area contributed by atoms with Crippen molar-refractivity contribution in [1.29, 1.82) is 0 Å². The molecule has 0 spiro atoms. The predicted molar refractivity (Wildman–Crippen MR) is 70.5 cm³/mol. The summed E-state index contributed by atoms with van der Waals surface area (Å²) in [5.74, 6) is 0.454. The molecule has 0 aliphatic carbocycles. The first-order valence-corrected chi connectivity index (χ1v) is 6.02. The van der Waals surface area contributed by atoms with Gasteiger partial charge < -0.3 is 4.57 Å². The molecule has 3 nitrogen and oxygen atoms in total. The van der Waals surface area contributed by atoms with Gasteiger partial charge in [0.15, 0.2) is 0 Å². The van der Waals surface area contributed by atoms with Crippen LogP contribution in [0, 0.1) is 0 Å². The molecule has 3 heteroatoms. The van der Waals surface area contributed by atoms with E-state index in [-0.39, 0.29) is 11.6 Å². The van der Waals surface area contributed by atoms with Gasteiger partial charge in [-0.05, 0) is 37.5 Å². The van der Waals surface area contributed by atoms with Crippen molar-refractivity contribution in [2.75, 3.05) is 0 Å². The molecule has 2 rings (SSSR count). The molecule has 0 unspecified atom stereocenters. The molecule has 0 bridgehead atoms. The lowest BCUT2D eigenvalue weighted by atomic mass is 10.0. The van der Waals surface area contributed by atoms with E-state index in [2.05, 4.69) is 31.0 Å². The van der Waals surface area contributed by atoms with Crippen molar-refractivity contribution in [2.45, 2.75) is 39.7 Å². The molecule has 0 saturated heterocycles. The van der Waals surface area contributed by atoms with Crippen LogP contribution in [0.3, 0.4) is 0 Å². The topological polar surface area (TPSA) is 34.9 Å². The largest absolute Gasteiger partial charge is 0.303 e. The first-order chi connectivity index (χ1) is 8.00. The maximum Gasteiger partial charge on any atom is 0.269 e. The normalized spacial score (nSPS) is 11.6. The summed E-state index contributed by atoms with van der Waals surface area (Å²) < 4.78 is 1.80. The zero-order chi connectivity index (χ0) is 12.6. The van der Waals surface area contributed by atoms with Gasteiger partial charge in [0.2, 0.25) is 0 Å². The van der Waals surface area contributed by atoms with Crippen molar-refractivity contribution in [2.24, 2.45) is 0 Å². The van der Waals surface area contributed by atoms with Gasteiger partial charge in [0, 0.05) is 6.04 Å². The molecular formula is C14H18N2O. The molecule has 0 radical (unpaired) electrons. The lowest BCUT2D eigenvalue weighted by Gasteiger charge is -2.14. The molecule has 1 aromatic heterocycles. The highest BCUT2D eigenvalue weighted by molar-refractivity contribution is 5.75. The Kier molecular flexibility index (Phi) is 3.01. The van der Waals surface area contributed by atoms with Crippen LogP contribution in [0.5, 0.6) is 0 Å². The number of benzene rings is 1. The Morgan fingerprint density at radius 2 is 1.88 bits per heavy atom. The van der Waals surface area contributed by atoms with Crippen LogP contribution in [-0.2, 0) is 0 Å². The summed E-state index contributed by atoms with van der Waals surface area (Å²) in [5, 5.41) is 0. The third kappa shape index (κ3) is 2.09. The number of fused-ring (bicyclic) bond motifs is 1. The maximum atomic E-state index is 11.9. The highest BCUT2D eigenvalue weighted by Gasteiger charge is 2.09. The highest BCUT2D eigenvalue weighted by atomic mass is 16.1. The Morgan fingerprint density at radius 3 is 2.47 bits per heavy atom. The van der Waals surface area contributed by atoms with Crippen molar-refractivity contribution in [1.82, 2.24) is 9.55 Å². The van der Waals surface area contributed by atoms with Crippen LogP contribution in [-0.4, -0.2) is 9.55 Å². The molecule has 1 heterocycles. The Hall–Kier alpha value is -1.64. The Bertz CT molecular complexity index is 597. The summed E-state index contributed by atoms with van der Waals surface area (Å²) in [7, 11) is 0. The molecule has 0 amide bonds. The number of rotatable bonds is 2. The molecule has 1 aromatic carbocycles. The number of nitrogens with zero attached hydrogens (tertiary/aromatic N) is 2. The summed E-state index contributed by atoms with van der Waals surface area (Å²) in [5.41, 5.74) is 3.01. The van der Waals surface area contributed by atoms with Crippen molar-refractivity contribution in [3.8, 4) is 0 Å². The van der Waals surface area contributed by atoms with E-state index >= 15 is 0 Å². The Labute approximate surface area is 101 Å². The van der Waals surface area contributed by atoms with Gasteiger partial charge in [-0.15, -0.1) is 0 Å². The van der Waals surface area contributed by atoms with Crippen molar-refractivity contribution < 1.29 is 0 Å². The third-order valence-corrected chi connectivity index (χ3v) is 2.99. The van der Waals surface area contributed by atoms with Crippen LogP contribution in [0.4, 0.5) is 0 Å². The van der Waals surface area contributed by atoms with Crippen LogP contribution in [0.25, 0.3) is 11.0 Å². The van der Waals surface area contributed by atoms with E-state index in [1.54, 1.807) is 4.57 Å². The molecule has 90 valence electrons. The van der Waals surface area contributed by atoms with E-state index in [0.29, 0.717) is 5.92 Å².